The molecular formula is C17H19ClS. The van der Waals surface area contributed by atoms with Crippen molar-refractivity contribution in [3.63, 3.8) is 0 Å². The third-order valence-corrected chi connectivity index (χ3v) is 4.74. The largest absolute Gasteiger partial charge is 0.149 e. The van der Waals surface area contributed by atoms with Gasteiger partial charge in [0, 0.05) is 16.9 Å². The second-order valence-electron chi connectivity index (χ2n) is 4.53. The fourth-order valence-electron chi connectivity index (χ4n) is 2.05. The molecule has 0 aromatic heterocycles. The summed E-state index contributed by atoms with van der Waals surface area (Å²) in [4.78, 5) is 0. The zero-order valence-corrected chi connectivity index (χ0v) is 12.5. The first-order valence-corrected chi connectivity index (χ1v) is 8.25. The molecular weight excluding hydrogens is 272 g/mol. The Balaban J connectivity index is 1.98. The molecule has 2 aromatic rings. The van der Waals surface area contributed by atoms with Gasteiger partial charge in [-0.25, -0.2) is 0 Å². The van der Waals surface area contributed by atoms with Gasteiger partial charge in [-0.1, -0.05) is 60.7 Å². The van der Waals surface area contributed by atoms with Crippen molar-refractivity contribution in [2.75, 3.05) is 5.88 Å². The van der Waals surface area contributed by atoms with Gasteiger partial charge in [-0.2, -0.15) is 0 Å². The van der Waals surface area contributed by atoms with E-state index < -0.39 is 0 Å². The van der Waals surface area contributed by atoms with Gasteiger partial charge in [-0.05, 0) is 24.0 Å². The molecule has 2 rings (SSSR count). The minimum Gasteiger partial charge on any atom is -0.149 e. The summed E-state index contributed by atoms with van der Waals surface area (Å²) in [7, 11) is 0. The van der Waals surface area contributed by atoms with E-state index in [0.29, 0.717) is 5.25 Å². The van der Waals surface area contributed by atoms with Crippen LogP contribution in [0.4, 0.5) is 0 Å². The van der Waals surface area contributed by atoms with Crippen LogP contribution in [0.1, 0.15) is 29.2 Å². The fraction of sp³-hybridized carbons (Fsp3) is 0.294. The smallest absolute Gasteiger partial charge is 0.0301 e. The predicted octanol–water partition coefficient (Wildman–Crippen LogP) is 5.68. The third kappa shape index (κ3) is 4.93. The lowest BCUT2D eigenvalue weighted by Gasteiger charge is -2.16. The maximum absolute atomic E-state index is 5.84. The lowest BCUT2D eigenvalue weighted by molar-refractivity contribution is 0.782. The molecule has 1 atom stereocenters. The lowest BCUT2D eigenvalue weighted by Crippen LogP contribution is -1.96. The molecule has 0 saturated heterocycles. The van der Waals surface area contributed by atoms with Crippen molar-refractivity contribution in [2.45, 2.75) is 23.8 Å². The highest BCUT2D eigenvalue weighted by Gasteiger charge is 2.11. The first-order chi connectivity index (χ1) is 9.40. The van der Waals surface area contributed by atoms with Crippen LogP contribution in [0.5, 0.6) is 0 Å². The molecule has 0 N–H and O–H groups in total. The molecule has 2 heteroatoms. The molecule has 0 heterocycles. The van der Waals surface area contributed by atoms with Gasteiger partial charge in [0.1, 0.15) is 0 Å². The lowest BCUT2D eigenvalue weighted by atomic mass is 10.1. The van der Waals surface area contributed by atoms with E-state index in [0.717, 1.165) is 24.5 Å². The van der Waals surface area contributed by atoms with E-state index in [-0.39, 0.29) is 0 Å². The molecule has 0 amide bonds. The molecule has 0 aliphatic heterocycles. The summed E-state index contributed by atoms with van der Waals surface area (Å²) in [5, 5.41) is 0.542. The Labute approximate surface area is 125 Å². The van der Waals surface area contributed by atoms with Crippen molar-refractivity contribution in [1.82, 2.24) is 0 Å². The summed E-state index contributed by atoms with van der Waals surface area (Å²) in [6, 6.07) is 21.4. The van der Waals surface area contributed by atoms with Gasteiger partial charge < -0.3 is 0 Å². The zero-order chi connectivity index (χ0) is 13.3. The van der Waals surface area contributed by atoms with Gasteiger partial charge in [0.2, 0.25) is 0 Å². The number of halogens is 1. The number of rotatable bonds is 7. The second kappa shape index (κ2) is 8.29. The van der Waals surface area contributed by atoms with E-state index in [4.69, 9.17) is 11.6 Å². The first-order valence-electron chi connectivity index (χ1n) is 6.66. The normalized spacial score (nSPS) is 12.3. The van der Waals surface area contributed by atoms with Crippen LogP contribution in [0.3, 0.4) is 0 Å². The number of alkyl halides is 1. The van der Waals surface area contributed by atoms with Crippen LogP contribution >= 0.6 is 23.4 Å². The summed E-state index contributed by atoms with van der Waals surface area (Å²) in [6.45, 7) is 0. The van der Waals surface area contributed by atoms with Gasteiger partial charge in [0.15, 0.2) is 0 Å². The van der Waals surface area contributed by atoms with E-state index in [1.807, 2.05) is 11.8 Å². The standard InChI is InChI=1S/C17H19ClS/c18-13-7-12-17(16-10-5-2-6-11-16)19-14-15-8-3-1-4-9-15/h1-6,8-11,17H,7,12-14H2. The molecule has 0 aliphatic carbocycles. The van der Waals surface area contributed by atoms with E-state index in [2.05, 4.69) is 60.7 Å². The van der Waals surface area contributed by atoms with E-state index in [1.54, 1.807) is 0 Å². The van der Waals surface area contributed by atoms with E-state index >= 15 is 0 Å². The molecule has 0 bridgehead atoms. The van der Waals surface area contributed by atoms with Crippen molar-refractivity contribution in [3.05, 3.63) is 71.8 Å². The fourth-order valence-corrected chi connectivity index (χ4v) is 3.47. The summed E-state index contributed by atoms with van der Waals surface area (Å²) in [6.07, 6.45) is 2.22. The Hall–Kier alpha value is -0.920. The van der Waals surface area contributed by atoms with Crippen LogP contribution in [0.2, 0.25) is 0 Å². The summed E-state index contributed by atoms with van der Waals surface area (Å²) < 4.78 is 0. The molecule has 0 saturated carbocycles. The maximum Gasteiger partial charge on any atom is 0.0301 e. The van der Waals surface area contributed by atoms with Gasteiger partial charge in [0.05, 0.1) is 0 Å². The number of hydrogen-bond donors (Lipinski definition) is 0. The molecule has 1 unspecified atom stereocenters. The van der Waals surface area contributed by atoms with Gasteiger partial charge in [-0.3, -0.25) is 0 Å². The molecule has 2 aromatic carbocycles. The number of hydrogen-bond acceptors (Lipinski definition) is 1. The van der Waals surface area contributed by atoms with Crippen molar-refractivity contribution < 1.29 is 0 Å². The van der Waals surface area contributed by atoms with Crippen molar-refractivity contribution in [2.24, 2.45) is 0 Å². The van der Waals surface area contributed by atoms with Crippen LogP contribution in [0.15, 0.2) is 60.7 Å². The van der Waals surface area contributed by atoms with Crippen LogP contribution in [-0.4, -0.2) is 5.88 Å². The van der Waals surface area contributed by atoms with Crippen molar-refractivity contribution in [1.29, 1.82) is 0 Å². The van der Waals surface area contributed by atoms with Crippen LogP contribution < -0.4 is 0 Å². The Bertz CT molecular complexity index is 455. The number of benzene rings is 2. The van der Waals surface area contributed by atoms with Gasteiger partial charge in [-0.15, -0.1) is 23.4 Å². The predicted molar refractivity (Wildman–Crippen MR) is 86.9 cm³/mol. The molecule has 0 nitrogen and oxygen atoms in total. The molecule has 100 valence electrons. The highest BCUT2D eigenvalue weighted by Crippen LogP contribution is 2.35. The maximum atomic E-state index is 5.84. The van der Waals surface area contributed by atoms with Crippen LogP contribution in [0.25, 0.3) is 0 Å². The summed E-state index contributed by atoms with van der Waals surface area (Å²) >= 11 is 7.85. The topological polar surface area (TPSA) is 0 Å². The molecule has 0 fully saturated rings. The van der Waals surface area contributed by atoms with E-state index in [1.165, 1.54) is 11.1 Å². The Morgan fingerprint density at radius 3 is 2.16 bits per heavy atom. The average molecular weight is 291 g/mol. The Morgan fingerprint density at radius 2 is 1.53 bits per heavy atom. The summed E-state index contributed by atoms with van der Waals surface area (Å²) in [5.41, 5.74) is 2.80. The highest BCUT2D eigenvalue weighted by atomic mass is 35.5. The molecule has 0 radical (unpaired) electrons. The SMILES string of the molecule is ClCCCC(SCc1ccccc1)c1ccccc1. The van der Waals surface area contributed by atoms with Crippen molar-refractivity contribution >= 4 is 23.4 Å². The first kappa shape index (κ1) is 14.5. The van der Waals surface area contributed by atoms with Crippen LogP contribution in [-0.2, 0) is 5.75 Å². The van der Waals surface area contributed by atoms with E-state index in [9.17, 15) is 0 Å². The molecule has 0 aliphatic rings. The monoisotopic (exact) mass is 290 g/mol. The minimum atomic E-state index is 0.542. The highest BCUT2D eigenvalue weighted by molar-refractivity contribution is 7.98. The van der Waals surface area contributed by atoms with Crippen LogP contribution in [0, 0.1) is 0 Å². The Morgan fingerprint density at radius 1 is 0.895 bits per heavy atom. The zero-order valence-electron chi connectivity index (χ0n) is 11.0. The average Bonchev–Trinajstić information content (AvgIpc) is 2.49. The van der Waals surface area contributed by atoms with Gasteiger partial charge >= 0.3 is 0 Å². The summed E-state index contributed by atoms with van der Waals surface area (Å²) in [5.74, 6) is 1.80. The Kier molecular flexibility index (Phi) is 6.32. The third-order valence-electron chi connectivity index (χ3n) is 3.07. The van der Waals surface area contributed by atoms with Crippen molar-refractivity contribution in [3.8, 4) is 0 Å². The second-order valence-corrected chi connectivity index (χ2v) is 6.10. The van der Waals surface area contributed by atoms with Gasteiger partial charge in [0.25, 0.3) is 0 Å². The quantitative estimate of drug-likeness (QED) is 0.591. The molecule has 19 heavy (non-hydrogen) atoms. The number of thioether (sulfide) groups is 1. The molecule has 0 spiro atoms. The minimum absolute atomic E-state index is 0.542.